The Hall–Kier alpha value is -3.68. The Balaban J connectivity index is 1.52. The second-order valence-electron chi connectivity index (χ2n) is 7.14. The van der Waals surface area contributed by atoms with E-state index in [2.05, 4.69) is 20.6 Å². The zero-order valence-corrected chi connectivity index (χ0v) is 17.0. The molecule has 0 radical (unpaired) electrons. The molecule has 1 aromatic carbocycles. The van der Waals surface area contributed by atoms with Gasteiger partial charge in [0.25, 0.3) is 5.91 Å². The van der Waals surface area contributed by atoms with Crippen LogP contribution in [0.1, 0.15) is 41.3 Å². The lowest BCUT2D eigenvalue weighted by Gasteiger charge is -2.36. The molecule has 1 aliphatic rings. The van der Waals surface area contributed by atoms with Gasteiger partial charge in [0, 0.05) is 56.3 Å². The minimum atomic E-state index is -0.434. The number of aryl methyl sites for hydroxylation is 2. The van der Waals surface area contributed by atoms with E-state index in [1.54, 1.807) is 24.5 Å². The smallest absolute Gasteiger partial charge is 0.256 e. The molecule has 3 aromatic rings. The highest BCUT2D eigenvalue weighted by Crippen LogP contribution is 2.33. The molecule has 1 atom stereocenters. The van der Waals surface area contributed by atoms with E-state index < -0.39 is 6.17 Å². The molecule has 0 fully saturated rings. The molecule has 0 bridgehead atoms. The Morgan fingerprint density at radius 3 is 2.83 bits per heavy atom. The van der Waals surface area contributed by atoms with Crippen molar-refractivity contribution < 1.29 is 9.59 Å². The van der Waals surface area contributed by atoms with Gasteiger partial charge in [-0.1, -0.05) is 25.1 Å². The fraction of sp³-hybridized carbons (Fsp3) is 0.273. The first kappa shape index (κ1) is 19.6. The summed E-state index contributed by atoms with van der Waals surface area (Å²) in [5.74, 6) is 1.29. The molecule has 30 heavy (non-hydrogen) atoms. The van der Waals surface area contributed by atoms with Gasteiger partial charge < -0.3 is 20.1 Å². The number of nitrogens with one attached hydrogen (secondary N) is 2. The highest BCUT2D eigenvalue weighted by molar-refractivity contribution is 6.01. The molecular weight excluding hydrogens is 380 g/mol. The average Bonchev–Trinajstić information content (AvgIpc) is 3.23. The topological polar surface area (TPSA) is 92.2 Å². The number of pyridine rings is 1. The van der Waals surface area contributed by atoms with Crippen LogP contribution in [0, 0.1) is 0 Å². The molecule has 2 amide bonds. The summed E-state index contributed by atoms with van der Waals surface area (Å²) >= 11 is 0. The zero-order valence-electron chi connectivity index (χ0n) is 17.0. The van der Waals surface area contributed by atoms with Gasteiger partial charge in [-0.2, -0.15) is 0 Å². The summed E-state index contributed by atoms with van der Waals surface area (Å²) in [5.41, 5.74) is 2.00. The number of nitrogens with zero attached hydrogens (tertiary/aromatic N) is 4. The zero-order chi connectivity index (χ0) is 21.1. The van der Waals surface area contributed by atoms with Crippen LogP contribution in [0.3, 0.4) is 0 Å². The van der Waals surface area contributed by atoms with Gasteiger partial charge in [0.2, 0.25) is 5.91 Å². The number of amides is 2. The number of carbonyl (C=O) groups is 2. The van der Waals surface area contributed by atoms with Crippen molar-refractivity contribution in [3.8, 4) is 0 Å². The van der Waals surface area contributed by atoms with Gasteiger partial charge in [0.05, 0.1) is 5.56 Å². The van der Waals surface area contributed by atoms with Crippen LogP contribution in [-0.2, 0) is 17.8 Å². The van der Waals surface area contributed by atoms with Crippen molar-refractivity contribution in [2.24, 2.45) is 0 Å². The van der Waals surface area contributed by atoms with E-state index in [9.17, 15) is 9.59 Å². The van der Waals surface area contributed by atoms with Gasteiger partial charge in [-0.05, 0) is 18.2 Å². The Bertz CT molecular complexity index is 1080. The number of hydrogen-bond acceptors (Lipinski definition) is 5. The molecule has 154 valence electrons. The normalized spacial score (nSPS) is 15.5. The van der Waals surface area contributed by atoms with Crippen LogP contribution < -0.4 is 15.5 Å². The van der Waals surface area contributed by atoms with Crippen LogP contribution in [0.15, 0.2) is 55.0 Å². The van der Waals surface area contributed by atoms with Crippen molar-refractivity contribution in [2.75, 3.05) is 17.3 Å². The molecule has 0 aliphatic carbocycles. The van der Waals surface area contributed by atoms with Crippen molar-refractivity contribution in [1.29, 1.82) is 0 Å². The van der Waals surface area contributed by atoms with Crippen LogP contribution in [0.25, 0.3) is 0 Å². The first-order valence-corrected chi connectivity index (χ1v) is 9.96. The molecule has 2 N–H and O–H groups in total. The molecule has 0 unspecified atom stereocenters. The highest BCUT2D eigenvalue weighted by atomic mass is 16.2. The summed E-state index contributed by atoms with van der Waals surface area (Å²) in [6, 6.07) is 11.0. The predicted molar refractivity (Wildman–Crippen MR) is 114 cm³/mol. The SMILES string of the molecule is CCc1nccn1CCC(=O)Nc1ccccc1[C@H]1NC(=O)c2cccnc2N1C. The minimum absolute atomic E-state index is 0.0958. The Labute approximate surface area is 175 Å². The minimum Gasteiger partial charge on any atom is -0.335 e. The van der Waals surface area contributed by atoms with Gasteiger partial charge in [0.1, 0.15) is 17.8 Å². The van der Waals surface area contributed by atoms with Crippen LogP contribution in [-0.4, -0.2) is 33.4 Å². The quantitative estimate of drug-likeness (QED) is 0.659. The molecule has 4 rings (SSSR count). The third-order valence-electron chi connectivity index (χ3n) is 5.25. The lowest BCUT2D eigenvalue weighted by molar-refractivity contribution is -0.116. The number of hydrogen-bond donors (Lipinski definition) is 2. The standard InChI is InChI=1S/C22H24N6O2/c1-3-18-23-12-14-28(18)13-10-19(29)25-17-9-5-4-7-15(17)21-26-22(30)16-8-6-11-24-20(16)27(21)2/h4-9,11-12,14,21H,3,10,13H2,1-2H3,(H,25,29)(H,26,30)/t21-/m0/s1. The van der Waals surface area contributed by atoms with Gasteiger partial charge in [-0.25, -0.2) is 9.97 Å². The van der Waals surface area contributed by atoms with E-state index in [1.165, 1.54) is 0 Å². The van der Waals surface area contributed by atoms with Crippen molar-refractivity contribution >= 4 is 23.3 Å². The van der Waals surface area contributed by atoms with Crippen molar-refractivity contribution in [3.05, 3.63) is 71.9 Å². The lowest BCUT2D eigenvalue weighted by Crippen LogP contribution is -2.45. The number of imidazole rings is 1. The van der Waals surface area contributed by atoms with Crippen molar-refractivity contribution in [2.45, 2.75) is 32.5 Å². The van der Waals surface area contributed by atoms with Crippen molar-refractivity contribution in [3.63, 3.8) is 0 Å². The van der Waals surface area contributed by atoms with E-state index in [-0.39, 0.29) is 11.8 Å². The molecule has 3 heterocycles. The molecule has 0 saturated carbocycles. The number of benzene rings is 1. The first-order valence-electron chi connectivity index (χ1n) is 9.96. The van der Waals surface area contributed by atoms with E-state index in [1.807, 2.05) is 53.9 Å². The van der Waals surface area contributed by atoms with Crippen LogP contribution in [0.4, 0.5) is 11.5 Å². The summed E-state index contributed by atoms with van der Waals surface area (Å²) in [4.78, 5) is 35.7. The lowest BCUT2D eigenvalue weighted by atomic mass is 10.0. The number of para-hydroxylation sites is 1. The summed E-state index contributed by atoms with van der Waals surface area (Å²) in [6.45, 7) is 2.60. The molecule has 8 nitrogen and oxygen atoms in total. The Morgan fingerprint density at radius 2 is 2.00 bits per heavy atom. The fourth-order valence-corrected chi connectivity index (χ4v) is 3.70. The van der Waals surface area contributed by atoms with Gasteiger partial charge in [0.15, 0.2) is 0 Å². The Morgan fingerprint density at radius 1 is 1.17 bits per heavy atom. The maximum atomic E-state index is 12.6. The first-order chi connectivity index (χ1) is 14.6. The average molecular weight is 404 g/mol. The van der Waals surface area contributed by atoms with Crippen LogP contribution in [0.5, 0.6) is 0 Å². The van der Waals surface area contributed by atoms with E-state index in [0.29, 0.717) is 30.0 Å². The van der Waals surface area contributed by atoms with Gasteiger partial charge in [-0.3, -0.25) is 9.59 Å². The number of fused-ring (bicyclic) bond motifs is 1. The third kappa shape index (κ3) is 3.76. The molecule has 2 aromatic heterocycles. The molecule has 1 aliphatic heterocycles. The number of aromatic nitrogens is 3. The van der Waals surface area contributed by atoms with E-state index in [0.717, 1.165) is 17.8 Å². The molecule has 8 heteroatoms. The summed E-state index contributed by atoms with van der Waals surface area (Å²) < 4.78 is 1.99. The summed E-state index contributed by atoms with van der Waals surface area (Å²) in [6.07, 6.45) is 6.02. The maximum absolute atomic E-state index is 12.6. The summed E-state index contributed by atoms with van der Waals surface area (Å²) in [5, 5.41) is 6.00. The second kappa shape index (κ2) is 8.36. The van der Waals surface area contributed by atoms with E-state index >= 15 is 0 Å². The fourth-order valence-electron chi connectivity index (χ4n) is 3.70. The van der Waals surface area contributed by atoms with Gasteiger partial charge in [-0.15, -0.1) is 0 Å². The maximum Gasteiger partial charge on any atom is 0.256 e. The monoisotopic (exact) mass is 404 g/mol. The number of anilines is 2. The largest absolute Gasteiger partial charge is 0.335 e. The highest BCUT2D eigenvalue weighted by Gasteiger charge is 2.31. The Kier molecular flexibility index (Phi) is 5.47. The van der Waals surface area contributed by atoms with Crippen molar-refractivity contribution in [1.82, 2.24) is 19.9 Å². The molecular formula is C22H24N6O2. The second-order valence-corrected chi connectivity index (χ2v) is 7.14. The van der Waals surface area contributed by atoms with Crippen LogP contribution in [0.2, 0.25) is 0 Å². The summed E-state index contributed by atoms with van der Waals surface area (Å²) in [7, 11) is 1.87. The molecule has 0 spiro atoms. The third-order valence-corrected chi connectivity index (χ3v) is 5.25. The van der Waals surface area contributed by atoms with Crippen LogP contribution >= 0.6 is 0 Å². The predicted octanol–water partition coefficient (Wildman–Crippen LogP) is 2.75. The molecule has 0 saturated heterocycles. The van der Waals surface area contributed by atoms with Gasteiger partial charge >= 0.3 is 0 Å². The number of carbonyl (C=O) groups excluding carboxylic acids is 2. The van der Waals surface area contributed by atoms with E-state index in [4.69, 9.17) is 0 Å². The number of rotatable bonds is 6.